The van der Waals surface area contributed by atoms with Crippen LogP contribution in [0.2, 0.25) is 0 Å². The molecule has 0 unspecified atom stereocenters. The van der Waals surface area contributed by atoms with Gasteiger partial charge in [-0.1, -0.05) is 31.5 Å². The molecular formula is C20H32O. The van der Waals surface area contributed by atoms with Gasteiger partial charge in [-0.2, -0.15) is 0 Å². The summed E-state index contributed by atoms with van der Waals surface area (Å²) in [5.74, 6) is 1.69. The van der Waals surface area contributed by atoms with Gasteiger partial charge in [-0.3, -0.25) is 0 Å². The summed E-state index contributed by atoms with van der Waals surface area (Å²) in [6.07, 6.45) is 6.12. The van der Waals surface area contributed by atoms with Crippen molar-refractivity contribution in [2.45, 2.75) is 72.3 Å². The van der Waals surface area contributed by atoms with Crippen LogP contribution in [0.15, 0.2) is 12.1 Å². The Morgan fingerprint density at radius 2 is 1.62 bits per heavy atom. The predicted octanol–water partition coefficient (Wildman–Crippen LogP) is 5.39. The molecule has 1 nitrogen and oxygen atoms in total. The van der Waals surface area contributed by atoms with Gasteiger partial charge in [-0.25, -0.2) is 0 Å². The van der Waals surface area contributed by atoms with Crippen molar-refractivity contribution in [1.29, 1.82) is 0 Å². The molecule has 1 aliphatic carbocycles. The zero-order valence-corrected chi connectivity index (χ0v) is 14.8. The van der Waals surface area contributed by atoms with E-state index in [1.54, 1.807) is 0 Å². The van der Waals surface area contributed by atoms with Crippen LogP contribution in [0.25, 0.3) is 0 Å². The fourth-order valence-electron chi connectivity index (χ4n) is 4.10. The Bertz CT molecular complexity index is 456. The van der Waals surface area contributed by atoms with E-state index in [0.717, 1.165) is 18.3 Å². The lowest BCUT2D eigenvalue weighted by Crippen LogP contribution is -2.39. The minimum atomic E-state index is 0.0656. The van der Waals surface area contributed by atoms with Crippen LogP contribution in [0.4, 0.5) is 0 Å². The molecular weight excluding hydrogens is 256 g/mol. The maximum atomic E-state index is 6.05. The SMILES string of the molecule is COC1(Cc2c(C)cc(C)cc2C)CCC(C(C)C)CC1. The van der Waals surface area contributed by atoms with Crippen LogP contribution < -0.4 is 0 Å². The molecule has 1 aromatic rings. The smallest absolute Gasteiger partial charge is 0.0719 e. The highest BCUT2D eigenvalue weighted by atomic mass is 16.5. The van der Waals surface area contributed by atoms with E-state index in [1.165, 1.54) is 47.9 Å². The van der Waals surface area contributed by atoms with E-state index in [-0.39, 0.29) is 5.60 Å². The summed E-state index contributed by atoms with van der Waals surface area (Å²) in [5, 5.41) is 0. The van der Waals surface area contributed by atoms with Crippen LogP contribution in [-0.4, -0.2) is 12.7 Å². The quantitative estimate of drug-likeness (QED) is 0.722. The summed E-state index contributed by atoms with van der Waals surface area (Å²) in [6, 6.07) is 4.62. The van der Waals surface area contributed by atoms with Crippen LogP contribution in [-0.2, 0) is 11.2 Å². The summed E-state index contributed by atoms with van der Waals surface area (Å²) in [5.41, 5.74) is 5.79. The number of hydrogen-bond donors (Lipinski definition) is 0. The maximum absolute atomic E-state index is 6.05. The van der Waals surface area contributed by atoms with Crippen molar-refractivity contribution >= 4 is 0 Å². The van der Waals surface area contributed by atoms with Crippen molar-refractivity contribution in [2.75, 3.05) is 7.11 Å². The summed E-state index contributed by atoms with van der Waals surface area (Å²) in [4.78, 5) is 0. The molecule has 1 aromatic carbocycles. The Labute approximate surface area is 131 Å². The van der Waals surface area contributed by atoms with Crippen molar-refractivity contribution in [1.82, 2.24) is 0 Å². The molecule has 1 aliphatic rings. The fourth-order valence-corrected chi connectivity index (χ4v) is 4.10. The Morgan fingerprint density at radius 3 is 2.05 bits per heavy atom. The van der Waals surface area contributed by atoms with E-state index in [1.807, 2.05) is 7.11 Å². The number of hydrogen-bond acceptors (Lipinski definition) is 1. The topological polar surface area (TPSA) is 9.23 Å². The summed E-state index contributed by atoms with van der Waals surface area (Å²) >= 11 is 0. The monoisotopic (exact) mass is 288 g/mol. The van der Waals surface area contributed by atoms with Gasteiger partial charge in [0.05, 0.1) is 5.60 Å². The lowest BCUT2D eigenvalue weighted by atomic mass is 9.71. The highest BCUT2D eigenvalue weighted by Crippen LogP contribution is 2.40. The standard InChI is InChI=1S/C20H32O/c1-14(2)18-7-9-20(21-6,10-8-18)13-19-16(4)11-15(3)12-17(19)5/h11-12,14,18H,7-10,13H2,1-6H3. The zero-order chi connectivity index (χ0) is 15.6. The van der Waals surface area contributed by atoms with Gasteiger partial charge in [-0.15, -0.1) is 0 Å². The molecule has 0 bridgehead atoms. The summed E-state index contributed by atoms with van der Waals surface area (Å²) in [6.45, 7) is 11.4. The van der Waals surface area contributed by atoms with Crippen molar-refractivity contribution in [3.05, 3.63) is 34.4 Å². The van der Waals surface area contributed by atoms with Crippen LogP contribution in [0, 0.1) is 32.6 Å². The summed E-state index contributed by atoms with van der Waals surface area (Å²) < 4.78 is 6.05. The van der Waals surface area contributed by atoms with Crippen LogP contribution in [0.1, 0.15) is 61.8 Å². The van der Waals surface area contributed by atoms with Crippen LogP contribution in [0.5, 0.6) is 0 Å². The Kier molecular flexibility index (Phi) is 5.14. The molecule has 0 heterocycles. The first-order valence-electron chi connectivity index (χ1n) is 8.49. The van der Waals surface area contributed by atoms with E-state index in [0.29, 0.717) is 0 Å². The molecule has 0 amide bonds. The molecule has 1 heteroatoms. The second kappa shape index (κ2) is 6.52. The molecule has 0 spiro atoms. The third-order valence-electron chi connectivity index (χ3n) is 5.66. The van der Waals surface area contributed by atoms with Gasteiger partial charge >= 0.3 is 0 Å². The summed E-state index contributed by atoms with van der Waals surface area (Å²) in [7, 11) is 1.91. The van der Waals surface area contributed by atoms with Gasteiger partial charge in [-0.05, 0) is 75.0 Å². The van der Waals surface area contributed by atoms with E-state index in [4.69, 9.17) is 4.74 Å². The van der Waals surface area contributed by atoms with Crippen LogP contribution >= 0.6 is 0 Å². The second-order valence-electron chi connectivity index (χ2n) is 7.52. The number of benzene rings is 1. The molecule has 0 atom stereocenters. The predicted molar refractivity (Wildman–Crippen MR) is 90.9 cm³/mol. The highest BCUT2D eigenvalue weighted by molar-refractivity contribution is 5.38. The lowest BCUT2D eigenvalue weighted by Gasteiger charge is -2.41. The van der Waals surface area contributed by atoms with Gasteiger partial charge in [0.15, 0.2) is 0 Å². The van der Waals surface area contributed by atoms with Crippen LogP contribution in [0.3, 0.4) is 0 Å². The Morgan fingerprint density at radius 1 is 1.10 bits per heavy atom. The molecule has 1 fully saturated rings. The number of aryl methyl sites for hydroxylation is 3. The minimum absolute atomic E-state index is 0.0656. The molecule has 0 aliphatic heterocycles. The minimum Gasteiger partial charge on any atom is -0.378 e. The van der Waals surface area contributed by atoms with Gasteiger partial charge in [0.25, 0.3) is 0 Å². The number of rotatable bonds is 4. The molecule has 21 heavy (non-hydrogen) atoms. The highest BCUT2D eigenvalue weighted by Gasteiger charge is 2.36. The first-order valence-corrected chi connectivity index (χ1v) is 8.49. The molecule has 118 valence electrons. The third kappa shape index (κ3) is 3.69. The molecule has 0 aromatic heterocycles. The van der Waals surface area contributed by atoms with Gasteiger partial charge in [0, 0.05) is 13.5 Å². The molecule has 0 saturated heterocycles. The van der Waals surface area contributed by atoms with Crippen molar-refractivity contribution in [3.63, 3.8) is 0 Å². The fraction of sp³-hybridized carbons (Fsp3) is 0.700. The van der Waals surface area contributed by atoms with E-state index in [9.17, 15) is 0 Å². The Hall–Kier alpha value is -0.820. The van der Waals surface area contributed by atoms with E-state index in [2.05, 4.69) is 46.8 Å². The molecule has 0 N–H and O–H groups in total. The lowest BCUT2D eigenvalue weighted by molar-refractivity contribution is -0.0527. The molecule has 0 radical (unpaired) electrons. The molecule has 2 rings (SSSR count). The normalized spacial score (nSPS) is 26.3. The largest absolute Gasteiger partial charge is 0.378 e. The average molecular weight is 288 g/mol. The van der Waals surface area contributed by atoms with Crippen molar-refractivity contribution in [2.24, 2.45) is 11.8 Å². The third-order valence-corrected chi connectivity index (χ3v) is 5.66. The second-order valence-corrected chi connectivity index (χ2v) is 7.52. The van der Waals surface area contributed by atoms with Gasteiger partial charge < -0.3 is 4.74 Å². The van der Waals surface area contributed by atoms with Crippen molar-refractivity contribution < 1.29 is 4.74 Å². The van der Waals surface area contributed by atoms with Gasteiger partial charge in [0.2, 0.25) is 0 Å². The first kappa shape index (κ1) is 16.5. The van der Waals surface area contributed by atoms with Gasteiger partial charge in [0.1, 0.15) is 0 Å². The Balaban J connectivity index is 2.17. The van der Waals surface area contributed by atoms with E-state index >= 15 is 0 Å². The molecule has 1 saturated carbocycles. The van der Waals surface area contributed by atoms with Crippen molar-refractivity contribution in [3.8, 4) is 0 Å². The number of methoxy groups -OCH3 is 1. The number of ether oxygens (including phenoxy) is 1. The zero-order valence-electron chi connectivity index (χ0n) is 14.8. The maximum Gasteiger partial charge on any atom is 0.0719 e. The van der Waals surface area contributed by atoms with E-state index < -0.39 is 0 Å². The average Bonchev–Trinajstić information content (AvgIpc) is 2.43. The first-order chi connectivity index (χ1) is 9.87.